The first-order chi connectivity index (χ1) is 12.6. The standard InChI is InChI=1S/C21H26N2O3/c1-3-16(2)18-11-7-8-12-19(18)26-15-21(25)23-22-20(24)14-13-17-9-5-4-6-10-17/h4-12,16H,3,13-15H2,1-2H3,(H,22,24)(H,23,25). The average Bonchev–Trinajstić information content (AvgIpc) is 2.69. The average molecular weight is 354 g/mol. The van der Waals surface area contributed by atoms with Gasteiger partial charge < -0.3 is 4.74 Å². The van der Waals surface area contributed by atoms with Gasteiger partial charge in [-0.25, -0.2) is 0 Å². The van der Waals surface area contributed by atoms with Crippen LogP contribution in [0.1, 0.15) is 43.7 Å². The normalized spacial score (nSPS) is 11.5. The van der Waals surface area contributed by atoms with Crippen molar-refractivity contribution >= 4 is 11.8 Å². The smallest absolute Gasteiger partial charge is 0.276 e. The number of hydrogen-bond acceptors (Lipinski definition) is 3. The molecule has 2 aromatic rings. The zero-order valence-electron chi connectivity index (χ0n) is 15.3. The fourth-order valence-electron chi connectivity index (χ4n) is 2.52. The Kier molecular flexibility index (Phi) is 7.68. The van der Waals surface area contributed by atoms with Crippen molar-refractivity contribution in [2.75, 3.05) is 6.61 Å². The number of para-hydroxylation sites is 1. The number of hydrazine groups is 1. The summed E-state index contributed by atoms with van der Waals surface area (Å²) in [5.41, 5.74) is 6.97. The molecule has 0 aliphatic rings. The van der Waals surface area contributed by atoms with Crippen molar-refractivity contribution in [1.29, 1.82) is 0 Å². The number of ether oxygens (including phenoxy) is 1. The third kappa shape index (κ3) is 6.24. The van der Waals surface area contributed by atoms with Crippen molar-refractivity contribution in [3.05, 3.63) is 65.7 Å². The minimum atomic E-state index is -0.392. The van der Waals surface area contributed by atoms with Crippen LogP contribution >= 0.6 is 0 Å². The molecule has 2 amide bonds. The second kappa shape index (κ2) is 10.2. The molecular formula is C21H26N2O3. The maximum atomic E-state index is 11.9. The van der Waals surface area contributed by atoms with Crippen LogP contribution in [-0.4, -0.2) is 18.4 Å². The minimum absolute atomic E-state index is 0.146. The topological polar surface area (TPSA) is 67.4 Å². The molecule has 0 saturated heterocycles. The quantitative estimate of drug-likeness (QED) is 0.714. The van der Waals surface area contributed by atoms with E-state index in [0.717, 1.165) is 17.5 Å². The van der Waals surface area contributed by atoms with Crippen molar-refractivity contribution in [3.63, 3.8) is 0 Å². The molecule has 0 aliphatic heterocycles. The number of nitrogens with one attached hydrogen (secondary N) is 2. The van der Waals surface area contributed by atoms with Crippen molar-refractivity contribution in [2.24, 2.45) is 0 Å². The summed E-state index contributed by atoms with van der Waals surface area (Å²) in [7, 11) is 0. The van der Waals surface area contributed by atoms with E-state index in [0.29, 0.717) is 24.5 Å². The Morgan fingerprint density at radius 1 is 0.962 bits per heavy atom. The van der Waals surface area contributed by atoms with Gasteiger partial charge in [-0.2, -0.15) is 0 Å². The van der Waals surface area contributed by atoms with Crippen molar-refractivity contribution < 1.29 is 14.3 Å². The van der Waals surface area contributed by atoms with Crippen LogP contribution in [0.3, 0.4) is 0 Å². The number of aryl methyl sites for hydroxylation is 1. The number of amides is 2. The molecule has 5 heteroatoms. The number of carbonyl (C=O) groups is 2. The second-order valence-corrected chi connectivity index (χ2v) is 6.22. The Balaban J connectivity index is 1.73. The van der Waals surface area contributed by atoms with Gasteiger partial charge in [-0.15, -0.1) is 0 Å². The van der Waals surface area contributed by atoms with Gasteiger partial charge in [0.15, 0.2) is 6.61 Å². The molecule has 0 radical (unpaired) electrons. The van der Waals surface area contributed by atoms with Gasteiger partial charge in [0.2, 0.25) is 5.91 Å². The first-order valence-corrected chi connectivity index (χ1v) is 8.93. The lowest BCUT2D eigenvalue weighted by molar-refractivity contribution is -0.130. The molecule has 0 aromatic heterocycles. The lowest BCUT2D eigenvalue weighted by atomic mass is 9.98. The third-order valence-corrected chi connectivity index (χ3v) is 4.25. The third-order valence-electron chi connectivity index (χ3n) is 4.25. The lowest BCUT2D eigenvalue weighted by Gasteiger charge is -2.15. The molecule has 0 spiro atoms. The van der Waals surface area contributed by atoms with Crippen LogP contribution in [0.5, 0.6) is 5.75 Å². The molecule has 5 nitrogen and oxygen atoms in total. The monoisotopic (exact) mass is 354 g/mol. The lowest BCUT2D eigenvalue weighted by Crippen LogP contribution is -2.43. The van der Waals surface area contributed by atoms with Gasteiger partial charge in [0, 0.05) is 6.42 Å². The van der Waals surface area contributed by atoms with Crippen LogP contribution in [0.15, 0.2) is 54.6 Å². The van der Waals surface area contributed by atoms with E-state index >= 15 is 0 Å². The largest absolute Gasteiger partial charge is 0.483 e. The maximum Gasteiger partial charge on any atom is 0.276 e. The van der Waals surface area contributed by atoms with Crippen LogP contribution in [0, 0.1) is 0 Å². The highest BCUT2D eigenvalue weighted by atomic mass is 16.5. The molecule has 26 heavy (non-hydrogen) atoms. The summed E-state index contributed by atoms with van der Waals surface area (Å²) in [6.45, 7) is 4.08. The summed E-state index contributed by atoms with van der Waals surface area (Å²) in [5.74, 6) is 0.429. The first-order valence-electron chi connectivity index (χ1n) is 8.93. The Morgan fingerprint density at radius 3 is 2.35 bits per heavy atom. The van der Waals surface area contributed by atoms with E-state index in [4.69, 9.17) is 4.74 Å². The molecule has 0 bridgehead atoms. The molecule has 2 rings (SSSR count). The van der Waals surface area contributed by atoms with Crippen LogP contribution in [0.2, 0.25) is 0 Å². The Hall–Kier alpha value is -2.82. The molecule has 2 aromatic carbocycles. The number of carbonyl (C=O) groups excluding carboxylic acids is 2. The van der Waals surface area contributed by atoms with E-state index in [1.165, 1.54) is 0 Å². The van der Waals surface area contributed by atoms with E-state index in [9.17, 15) is 9.59 Å². The fraction of sp³-hybridized carbons (Fsp3) is 0.333. The highest BCUT2D eigenvalue weighted by Gasteiger charge is 2.11. The highest BCUT2D eigenvalue weighted by Crippen LogP contribution is 2.28. The number of rotatable bonds is 8. The van der Waals surface area contributed by atoms with Gasteiger partial charge in [-0.1, -0.05) is 62.4 Å². The Bertz CT molecular complexity index is 716. The van der Waals surface area contributed by atoms with E-state index in [-0.39, 0.29) is 12.5 Å². The Labute approximate surface area is 154 Å². The molecule has 2 N–H and O–H groups in total. The van der Waals surface area contributed by atoms with E-state index in [2.05, 4.69) is 24.7 Å². The summed E-state index contributed by atoms with van der Waals surface area (Å²) in [6, 6.07) is 17.4. The van der Waals surface area contributed by atoms with Crippen LogP contribution in [0.4, 0.5) is 0 Å². The first kappa shape index (κ1) is 19.5. The van der Waals surface area contributed by atoms with Crippen molar-refractivity contribution in [2.45, 2.75) is 39.0 Å². The zero-order valence-corrected chi connectivity index (χ0v) is 15.3. The highest BCUT2D eigenvalue weighted by molar-refractivity contribution is 5.82. The molecule has 0 saturated carbocycles. The van der Waals surface area contributed by atoms with Crippen molar-refractivity contribution in [3.8, 4) is 5.75 Å². The summed E-state index contributed by atoms with van der Waals surface area (Å²) < 4.78 is 5.62. The van der Waals surface area contributed by atoms with Crippen LogP contribution in [0.25, 0.3) is 0 Å². The SMILES string of the molecule is CCC(C)c1ccccc1OCC(=O)NNC(=O)CCc1ccccc1. The zero-order chi connectivity index (χ0) is 18.8. The molecule has 1 unspecified atom stereocenters. The summed E-state index contributed by atoms with van der Waals surface area (Å²) in [6.07, 6.45) is 1.92. The predicted molar refractivity (Wildman–Crippen MR) is 102 cm³/mol. The van der Waals surface area contributed by atoms with Crippen LogP contribution < -0.4 is 15.6 Å². The van der Waals surface area contributed by atoms with Gasteiger partial charge in [0.05, 0.1) is 0 Å². The van der Waals surface area contributed by atoms with E-state index < -0.39 is 5.91 Å². The second-order valence-electron chi connectivity index (χ2n) is 6.22. The Morgan fingerprint density at radius 2 is 1.62 bits per heavy atom. The van der Waals surface area contributed by atoms with Crippen molar-refractivity contribution in [1.82, 2.24) is 10.9 Å². The summed E-state index contributed by atoms with van der Waals surface area (Å²) in [5, 5.41) is 0. The van der Waals surface area contributed by atoms with E-state index in [1.807, 2.05) is 54.6 Å². The summed E-state index contributed by atoms with van der Waals surface area (Å²) >= 11 is 0. The van der Waals surface area contributed by atoms with Gasteiger partial charge in [0.1, 0.15) is 5.75 Å². The molecule has 1 atom stereocenters. The van der Waals surface area contributed by atoms with Gasteiger partial charge in [-0.3, -0.25) is 20.4 Å². The fourth-order valence-corrected chi connectivity index (χ4v) is 2.52. The van der Waals surface area contributed by atoms with Gasteiger partial charge in [-0.05, 0) is 36.0 Å². The molecule has 138 valence electrons. The number of benzene rings is 2. The molecule has 0 aliphatic carbocycles. The predicted octanol–water partition coefficient (Wildman–Crippen LogP) is 3.36. The van der Waals surface area contributed by atoms with Gasteiger partial charge in [0.25, 0.3) is 5.91 Å². The summed E-state index contributed by atoms with van der Waals surface area (Å²) in [4.78, 5) is 23.7. The minimum Gasteiger partial charge on any atom is -0.483 e. The maximum absolute atomic E-state index is 11.9. The molecular weight excluding hydrogens is 328 g/mol. The number of hydrogen-bond donors (Lipinski definition) is 2. The van der Waals surface area contributed by atoms with Gasteiger partial charge >= 0.3 is 0 Å². The van der Waals surface area contributed by atoms with E-state index in [1.54, 1.807) is 0 Å². The molecule has 0 fully saturated rings. The van der Waals surface area contributed by atoms with Crippen LogP contribution in [-0.2, 0) is 16.0 Å². The molecule has 0 heterocycles.